The molecule has 0 aliphatic heterocycles. The van der Waals surface area contributed by atoms with Crippen LogP contribution in [-0.2, 0) is 19.2 Å². The molecule has 148 valence electrons. The van der Waals surface area contributed by atoms with Crippen molar-refractivity contribution in [1.29, 1.82) is 0 Å². The van der Waals surface area contributed by atoms with Gasteiger partial charge in [0.25, 0.3) is 0 Å². The van der Waals surface area contributed by atoms with Gasteiger partial charge >= 0.3 is 0 Å². The molecule has 3 amide bonds. The zero-order valence-electron chi connectivity index (χ0n) is 16.0. The minimum absolute atomic E-state index is 0.102. The third kappa shape index (κ3) is 8.00. The minimum Gasteiger partial charge on any atom is -0.347 e. The summed E-state index contributed by atoms with van der Waals surface area (Å²) in [6.45, 7) is 4.84. The summed E-state index contributed by atoms with van der Waals surface area (Å²) in [6.07, 6.45) is 0.391. The fraction of sp³-hybridized carbons (Fsp3) is 0.474. The van der Waals surface area contributed by atoms with Crippen molar-refractivity contribution in [2.24, 2.45) is 11.7 Å². The van der Waals surface area contributed by atoms with Crippen LogP contribution in [0.3, 0.4) is 0 Å². The molecule has 0 saturated heterocycles. The average molecular weight is 376 g/mol. The summed E-state index contributed by atoms with van der Waals surface area (Å²) >= 11 is 0. The van der Waals surface area contributed by atoms with E-state index in [0.717, 1.165) is 0 Å². The van der Waals surface area contributed by atoms with Crippen molar-refractivity contribution in [3.05, 3.63) is 35.9 Å². The van der Waals surface area contributed by atoms with E-state index in [1.807, 2.05) is 13.8 Å². The van der Waals surface area contributed by atoms with E-state index in [9.17, 15) is 19.2 Å². The van der Waals surface area contributed by atoms with Gasteiger partial charge in [0.05, 0.1) is 13.1 Å². The Kier molecular flexibility index (Phi) is 9.15. The number of benzene rings is 1. The molecule has 2 atom stereocenters. The van der Waals surface area contributed by atoms with Crippen molar-refractivity contribution in [1.82, 2.24) is 16.0 Å². The van der Waals surface area contributed by atoms with Gasteiger partial charge in [-0.2, -0.15) is 0 Å². The van der Waals surface area contributed by atoms with Crippen LogP contribution in [0.25, 0.3) is 0 Å². The molecule has 1 aromatic carbocycles. The van der Waals surface area contributed by atoms with Gasteiger partial charge < -0.3 is 21.7 Å². The van der Waals surface area contributed by atoms with E-state index >= 15 is 0 Å². The molecule has 0 radical (unpaired) electrons. The summed E-state index contributed by atoms with van der Waals surface area (Å²) in [5.41, 5.74) is 5.92. The molecule has 0 saturated carbocycles. The maximum absolute atomic E-state index is 12.8. The Morgan fingerprint density at radius 1 is 1.00 bits per heavy atom. The van der Waals surface area contributed by atoms with Crippen LogP contribution in [0.1, 0.15) is 38.8 Å². The summed E-state index contributed by atoms with van der Waals surface area (Å²) in [4.78, 5) is 48.0. The Bertz CT molecular complexity index is 661. The molecule has 0 heterocycles. The lowest BCUT2D eigenvalue weighted by Crippen LogP contribution is -2.52. The van der Waals surface area contributed by atoms with E-state index in [-0.39, 0.29) is 24.8 Å². The first-order valence-electron chi connectivity index (χ1n) is 8.86. The zero-order chi connectivity index (χ0) is 20.4. The Balaban J connectivity index is 2.97. The number of hydrogen-bond acceptors (Lipinski definition) is 5. The molecule has 8 heteroatoms. The van der Waals surface area contributed by atoms with Crippen LogP contribution in [-0.4, -0.2) is 42.6 Å². The van der Waals surface area contributed by atoms with Gasteiger partial charge in [-0.05, 0) is 24.8 Å². The third-order valence-electron chi connectivity index (χ3n) is 3.74. The monoisotopic (exact) mass is 376 g/mol. The van der Waals surface area contributed by atoms with Crippen molar-refractivity contribution in [3.63, 3.8) is 0 Å². The minimum atomic E-state index is -0.975. The van der Waals surface area contributed by atoms with Crippen LogP contribution in [0.5, 0.6) is 0 Å². The highest BCUT2D eigenvalue weighted by molar-refractivity contribution is 5.94. The van der Waals surface area contributed by atoms with Crippen molar-refractivity contribution >= 4 is 23.5 Å². The Morgan fingerprint density at radius 3 is 2.15 bits per heavy atom. The number of ketones is 1. The molecule has 1 rings (SSSR count). The van der Waals surface area contributed by atoms with Gasteiger partial charge in [0.2, 0.25) is 17.7 Å². The lowest BCUT2D eigenvalue weighted by atomic mass is 10.0. The first-order valence-corrected chi connectivity index (χ1v) is 8.86. The molecule has 0 aliphatic rings. The summed E-state index contributed by atoms with van der Waals surface area (Å²) in [6, 6.07) is 6.89. The van der Waals surface area contributed by atoms with E-state index in [1.165, 1.54) is 6.92 Å². The molecule has 8 nitrogen and oxygen atoms in total. The van der Waals surface area contributed by atoms with Crippen molar-refractivity contribution < 1.29 is 19.2 Å². The Labute approximate surface area is 159 Å². The lowest BCUT2D eigenvalue weighted by Gasteiger charge is -2.24. The molecule has 2 unspecified atom stereocenters. The van der Waals surface area contributed by atoms with Gasteiger partial charge in [0.1, 0.15) is 17.9 Å². The topological polar surface area (TPSA) is 130 Å². The molecule has 0 bridgehead atoms. The highest BCUT2D eigenvalue weighted by Crippen LogP contribution is 2.14. The summed E-state index contributed by atoms with van der Waals surface area (Å²) < 4.78 is 0. The van der Waals surface area contributed by atoms with Crippen LogP contribution >= 0.6 is 0 Å². The van der Waals surface area contributed by atoms with Crippen LogP contribution in [0, 0.1) is 5.92 Å². The predicted octanol–water partition coefficient (Wildman–Crippen LogP) is 0.0387. The molecule has 1 aromatic rings. The molecule has 0 spiro atoms. The second kappa shape index (κ2) is 11.1. The van der Waals surface area contributed by atoms with Crippen LogP contribution < -0.4 is 21.7 Å². The van der Waals surface area contributed by atoms with Gasteiger partial charge in [-0.3, -0.25) is 19.2 Å². The summed E-state index contributed by atoms with van der Waals surface area (Å²) in [5.74, 6) is -1.50. The predicted molar refractivity (Wildman–Crippen MR) is 101 cm³/mol. The highest BCUT2D eigenvalue weighted by Gasteiger charge is 2.28. The summed E-state index contributed by atoms with van der Waals surface area (Å²) in [5, 5.41) is 7.76. The number of Topliss-reactive ketones (excluding diaryl/α,β-unsaturated/α-hetero) is 1. The molecule has 0 aliphatic carbocycles. The molecular formula is C19H28N4O4. The van der Waals surface area contributed by atoms with Gasteiger partial charge in [0.15, 0.2) is 0 Å². The third-order valence-corrected chi connectivity index (χ3v) is 3.74. The van der Waals surface area contributed by atoms with Crippen LogP contribution in [0.4, 0.5) is 0 Å². The Hall–Kier alpha value is -2.74. The fourth-order valence-corrected chi connectivity index (χ4v) is 2.46. The molecule has 5 N–H and O–H groups in total. The normalized spacial score (nSPS) is 12.8. The lowest BCUT2D eigenvalue weighted by molar-refractivity contribution is -0.132. The van der Waals surface area contributed by atoms with E-state index in [2.05, 4.69) is 16.0 Å². The second-order valence-corrected chi connectivity index (χ2v) is 6.73. The van der Waals surface area contributed by atoms with Crippen molar-refractivity contribution in [3.8, 4) is 0 Å². The molecule has 27 heavy (non-hydrogen) atoms. The van der Waals surface area contributed by atoms with Gasteiger partial charge in [-0.15, -0.1) is 0 Å². The first kappa shape index (κ1) is 22.3. The molecular weight excluding hydrogens is 348 g/mol. The van der Waals surface area contributed by atoms with E-state index in [0.29, 0.717) is 12.0 Å². The summed E-state index contributed by atoms with van der Waals surface area (Å²) in [7, 11) is 0. The quantitative estimate of drug-likeness (QED) is 0.458. The maximum Gasteiger partial charge on any atom is 0.247 e. The number of rotatable bonds is 10. The van der Waals surface area contributed by atoms with Gasteiger partial charge in [-0.25, -0.2) is 0 Å². The largest absolute Gasteiger partial charge is 0.347 e. The number of nitrogens with two attached hydrogens (primary N) is 1. The number of nitrogens with one attached hydrogen (secondary N) is 3. The maximum atomic E-state index is 12.8. The number of hydrogen-bond donors (Lipinski definition) is 4. The van der Waals surface area contributed by atoms with Gasteiger partial charge in [-0.1, -0.05) is 44.2 Å². The van der Waals surface area contributed by atoms with E-state index in [4.69, 9.17) is 5.73 Å². The van der Waals surface area contributed by atoms with E-state index in [1.54, 1.807) is 30.3 Å². The molecule has 0 aromatic heterocycles. The number of carbonyl (C=O) groups excluding carboxylic acids is 4. The molecule has 0 fully saturated rings. The number of carbonyl (C=O) groups is 4. The second-order valence-electron chi connectivity index (χ2n) is 6.73. The van der Waals surface area contributed by atoms with Crippen molar-refractivity contribution in [2.75, 3.05) is 13.1 Å². The highest BCUT2D eigenvalue weighted by atomic mass is 16.2. The van der Waals surface area contributed by atoms with Crippen LogP contribution in [0.15, 0.2) is 30.3 Å². The standard InChI is InChI=1S/C19H28N4O4/c1-12(2)9-15(18(26)21-11-13(3)24)22-19(27)17(23-16(25)10-20)14-7-5-4-6-8-14/h4-8,12,15,17H,9-11,20H2,1-3H3,(H,21,26)(H,22,27)(H,23,25). The zero-order valence-corrected chi connectivity index (χ0v) is 16.0. The fourth-order valence-electron chi connectivity index (χ4n) is 2.46. The SMILES string of the molecule is CC(=O)CNC(=O)C(CC(C)C)NC(=O)C(NC(=O)CN)c1ccccc1. The van der Waals surface area contributed by atoms with E-state index < -0.39 is 29.8 Å². The first-order chi connectivity index (χ1) is 12.7. The Morgan fingerprint density at radius 2 is 1.63 bits per heavy atom. The van der Waals surface area contributed by atoms with Crippen molar-refractivity contribution in [2.45, 2.75) is 39.3 Å². The smallest absolute Gasteiger partial charge is 0.247 e. The van der Waals surface area contributed by atoms with Crippen LogP contribution in [0.2, 0.25) is 0 Å². The average Bonchev–Trinajstić information content (AvgIpc) is 2.63. The van der Waals surface area contributed by atoms with Gasteiger partial charge in [0, 0.05) is 0 Å². The number of amides is 3.